The van der Waals surface area contributed by atoms with Crippen LogP contribution in [0.2, 0.25) is 0 Å². The van der Waals surface area contributed by atoms with Crippen LogP contribution in [0.5, 0.6) is 0 Å². The van der Waals surface area contributed by atoms with Gasteiger partial charge in [-0.05, 0) is 68.5 Å². The second kappa shape index (κ2) is 11.4. The highest BCUT2D eigenvalue weighted by Crippen LogP contribution is 2.32. The van der Waals surface area contributed by atoms with Gasteiger partial charge in [0.25, 0.3) is 0 Å². The molecule has 0 fully saturated rings. The molecular formula is C32H26F3N5O. The molecule has 0 N–H and O–H groups in total. The number of hydrogen-bond acceptors (Lipinski definition) is 5. The summed E-state index contributed by atoms with van der Waals surface area (Å²) in [5.74, 6) is 6.49. The molecule has 41 heavy (non-hydrogen) atoms. The number of alkyl halides is 3. The minimum atomic E-state index is -4.58. The molecule has 0 spiro atoms. The summed E-state index contributed by atoms with van der Waals surface area (Å²) in [5, 5.41) is 0.866. The van der Waals surface area contributed by atoms with Crippen LogP contribution in [-0.4, -0.2) is 44.3 Å². The molecule has 3 heterocycles. The number of halogens is 3. The summed E-state index contributed by atoms with van der Waals surface area (Å²) in [6.07, 6.45) is 3.42. The summed E-state index contributed by atoms with van der Waals surface area (Å²) in [6, 6.07) is 12.6. The molecule has 9 heteroatoms. The lowest BCUT2D eigenvalue weighted by Crippen LogP contribution is -2.16. The summed E-state index contributed by atoms with van der Waals surface area (Å²) < 4.78 is 43.1. The first-order valence-corrected chi connectivity index (χ1v) is 12.8. The van der Waals surface area contributed by atoms with Gasteiger partial charge < -0.3 is 9.47 Å². The first-order chi connectivity index (χ1) is 19.6. The van der Waals surface area contributed by atoms with E-state index in [1.54, 1.807) is 59.8 Å². The van der Waals surface area contributed by atoms with E-state index in [0.717, 1.165) is 28.6 Å². The van der Waals surface area contributed by atoms with Crippen molar-refractivity contribution in [2.75, 3.05) is 14.1 Å². The zero-order valence-electron chi connectivity index (χ0n) is 22.7. The van der Waals surface area contributed by atoms with Crippen LogP contribution < -0.4 is 0 Å². The Balaban J connectivity index is 1.46. The molecule has 0 saturated heterocycles. The number of rotatable bonds is 6. The minimum absolute atomic E-state index is 0.207. The van der Waals surface area contributed by atoms with E-state index in [-0.39, 0.29) is 17.8 Å². The summed E-state index contributed by atoms with van der Waals surface area (Å²) in [4.78, 5) is 28.1. The highest BCUT2D eigenvalue weighted by molar-refractivity contribution is 5.98. The van der Waals surface area contributed by atoms with Crippen molar-refractivity contribution >= 4 is 16.7 Å². The Morgan fingerprint density at radius 3 is 2.56 bits per heavy atom. The molecule has 6 nitrogen and oxygen atoms in total. The number of aryl methyl sites for hydroxylation is 1. The highest BCUT2D eigenvalue weighted by Gasteiger charge is 2.31. The zero-order valence-corrected chi connectivity index (χ0v) is 22.7. The molecule has 5 aromatic rings. The van der Waals surface area contributed by atoms with E-state index in [2.05, 4.69) is 26.8 Å². The fourth-order valence-corrected chi connectivity index (χ4v) is 4.49. The molecule has 0 aliphatic heterocycles. The van der Waals surface area contributed by atoms with E-state index in [1.807, 2.05) is 38.1 Å². The lowest BCUT2D eigenvalue weighted by Gasteiger charge is -2.16. The van der Waals surface area contributed by atoms with Gasteiger partial charge in [0.05, 0.1) is 23.2 Å². The normalized spacial score (nSPS) is 11.5. The third-order valence-electron chi connectivity index (χ3n) is 6.53. The number of carbonyl (C=O) groups excluding carboxylic acids is 1. The zero-order chi connectivity index (χ0) is 29.1. The molecule has 0 saturated carbocycles. The number of nitrogens with zero attached hydrogens (tertiary/aromatic N) is 5. The van der Waals surface area contributed by atoms with E-state index in [0.29, 0.717) is 34.7 Å². The maximum absolute atomic E-state index is 13.8. The topological polar surface area (TPSA) is 63.9 Å². The average Bonchev–Trinajstić information content (AvgIpc) is 3.39. The Hall–Kier alpha value is -4.81. The minimum Gasteiger partial charge on any atom is -0.303 e. The quantitative estimate of drug-likeness (QED) is 0.190. The molecule has 206 valence electrons. The molecule has 0 amide bonds. The summed E-state index contributed by atoms with van der Waals surface area (Å²) >= 11 is 0. The van der Waals surface area contributed by atoms with Gasteiger partial charge in [-0.15, -0.1) is 0 Å². The molecule has 0 atom stereocenters. The van der Waals surface area contributed by atoms with Gasteiger partial charge in [-0.25, -0.2) is 4.98 Å². The van der Waals surface area contributed by atoms with E-state index in [9.17, 15) is 18.0 Å². The maximum Gasteiger partial charge on any atom is 0.416 e. The van der Waals surface area contributed by atoms with Crippen LogP contribution in [-0.2, 0) is 19.1 Å². The number of Topliss-reactive ketones (excluding diaryl/α,β-unsaturated/α-hetero) is 1. The third-order valence-corrected chi connectivity index (χ3v) is 6.53. The number of hydrogen-bond donors (Lipinski definition) is 0. The molecule has 0 radical (unpaired) electrons. The van der Waals surface area contributed by atoms with Crippen molar-refractivity contribution in [2.24, 2.45) is 0 Å². The first kappa shape index (κ1) is 27.7. The second-order valence-electron chi connectivity index (χ2n) is 9.98. The Morgan fingerprint density at radius 1 is 0.976 bits per heavy atom. The van der Waals surface area contributed by atoms with Crippen LogP contribution in [0.4, 0.5) is 13.2 Å². The number of fused-ring (bicyclic) bond motifs is 1. The van der Waals surface area contributed by atoms with Crippen LogP contribution in [0.15, 0.2) is 79.5 Å². The predicted molar refractivity (Wildman–Crippen MR) is 151 cm³/mol. The van der Waals surface area contributed by atoms with Gasteiger partial charge in [0.1, 0.15) is 5.82 Å². The number of ketones is 1. The first-order valence-electron chi connectivity index (χ1n) is 12.8. The monoisotopic (exact) mass is 553 g/mol. The SMILES string of the molecule is Cc1ccc(C(=O)Cc2cc(-n3ccnc3CN(C)C)cc(C(F)(F)F)c2)cc1C#Cc1cncc2cccnc12. The van der Waals surface area contributed by atoms with Crippen molar-refractivity contribution in [3.63, 3.8) is 0 Å². The van der Waals surface area contributed by atoms with Crippen LogP contribution >= 0.6 is 0 Å². The van der Waals surface area contributed by atoms with Crippen molar-refractivity contribution in [3.8, 4) is 17.5 Å². The third kappa shape index (κ3) is 6.34. The molecule has 0 unspecified atom stereocenters. The molecule has 0 aliphatic rings. The van der Waals surface area contributed by atoms with Gasteiger partial charge in [0.15, 0.2) is 5.78 Å². The fourth-order valence-electron chi connectivity index (χ4n) is 4.49. The largest absolute Gasteiger partial charge is 0.416 e. The Morgan fingerprint density at radius 2 is 1.78 bits per heavy atom. The van der Waals surface area contributed by atoms with Crippen molar-refractivity contribution in [3.05, 3.63) is 119 Å². The van der Waals surface area contributed by atoms with E-state index < -0.39 is 11.7 Å². The smallest absolute Gasteiger partial charge is 0.303 e. The standard InChI is InChI=1S/C32H26F3N5O/c1-21-6-7-24(16-23(21)8-9-26-19-36-18-25-5-4-10-38-31(25)26)29(41)15-22-13-27(32(33,34)35)17-28(14-22)40-12-11-37-30(40)20-39(2)3/h4-7,10-14,16-19H,15,20H2,1-3H3. The van der Waals surface area contributed by atoms with Crippen LogP contribution in [0.1, 0.15) is 44.0 Å². The van der Waals surface area contributed by atoms with Gasteiger partial charge in [-0.1, -0.05) is 24.0 Å². The summed E-state index contributed by atoms with van der Waals surface area (Å²) in [7, 11) is 3.70. The van der Waals surface area contributed by atoms with E-state index in [4.69, 9.17) is 0 Å². The van der Waals surface area contributed by atoms with Crippen LogP contribution in [0.25, 0.3) is 16.6 Å². The molecule has 5 rings (SSSR count). The molecular weight excluding hydrogens is 527 g/mol. The molecule has 3 aromatic heterocycles. The summed E-state index contributed by atoms with van der Waals surface area (Å²) in [5.41, 5.74) is 2.98. The molecule has 2 aromatic carbocycles. The predicted octanol–water partition coefficient (Wildman–Crippen LogP) is 6.03. The Labute approximate surface area is 235 Å². The lowest BCUT2D eigenvalue weighted by atomic mass is 9.97. The number of carbonyl (C=O) groups is 1. The van der Waals surface area contributed by atoms with E-state index in [1.165, 1.54) is 0 Å². The van der Waals surface area contributed by atoms with E-state index >= 15 is 0 Å². The number of pyridine rings is 2. The van der Waals surface area contributed by atoms with Crippen molar-refractivity contribution in [1.29, 1.82) is 0 Å². The molecule has 0 bridgehead atoms. The molecule has 0 aliphatic carbocycles. The van der Waals surface area contributed by atoms with Crippen molar-refractivity contribution in [2.45, 2.75) is 26.1 Å². The Kier molecular flexibility index (Phi) is 7.68. The lowest BCUT2D eigenvalue weighted by molar-refractivity contribution is -0.137. The number of benzene rings is 2. The van der Waals surface area contributed by atoms with Gasteiger partial charge in [-0.2, -0.15) is 13.2 Å². The van der Waals surface area contributed by atoms with Crippen LogP contribution in [0, 0.1) is 18.8 Å². The van der Waals surface area contributed by atoms with Crippen LogP contribution in [0.3, 0.4) is 0 Å². The van der Waals surface area contributed by atoms with Gasteiger partial charge in [0.2, 0.25) is 0 Å². The number of aromatic nitrogens is 4. The maximum atomic E-state index is 13.8. The number of imidazole rings is 1. The van der Waals surface area contributed by atoms with Crippen molar-refractivity contribution < 1.29 is 18.0 Å². The summed E-state index contributed by atoms with van der Waals surface area (Å²) in [6.45, 7) is 2.32. The van der Waals surface area contributed by atoms with Gasteiger partial charge >= 0.3 is 6.18 Å². The Bertz CT molecular complexity index is 1810. The van der Waals surface area contributed by atoms with Crippen molar-refractivity contribution in [1.82, 2.24) is 24.4 Å². The van der Waals surface area contributed by atoms with Gasteiger partial charge in [-0.3, -0.25) is 14.8 Å². The fraction of sp³-hybridized carbons (Fsp3) is 0.188. The highest BCUT2D eigenvalue weighted by atomic mass is 19.4. The van der Waals surface area contributed by atoms with Gasteiger partial charge in [0, 0.05) is 59.6 Å². The average molecular weight is 554 g/mol. The second-order valence-corrected chi connectivity index (χ2v) is 9.98.